The van der Waals surface area contributed by atoms with Crippen LogP contribution in [0.2, 0.25) is 5.15 Å². The average molecular weight is 428 g/mol. The molecule has 0 radical (unpaired) electrons. The molecule has 0 bridgehead atoms. The molecule has 1 N–H and O–H groups in total. The Kier molecular flexibility index (Phi) is 5.29. The maximum Gasteiger partial charge on any atom is 0.435 e. The number of hydrogen-bond donors (Lipinski definition) is 1. The summed E-state index contributed by atoms with van der Waals surface area (Å²) in [4.78, 5) is 29.0. The van der Waals surface area contributed by atoms with Crippen LogP contribution in [0, 0.1) is 5.41 Å². The second kappa shape index (κ2) is 7.29. The van der Waals surface area contributed by atoms with E-state index in [9.17, 15) is 27.9 Å². The Morgan fingerprint density at radius 1 is 1.31 bits per heavy atom. The lowest BCUT2D eigenvalue weighted by Crippen LogP contribution is -2.29. The molecular formula is C19H17ClF3N3O3. The van der Waals surface area contributed by atoms with E-state index in [1.165, 1.54) is 12.3 Å². The van der Waals surface area contributed by atoms with Gasteiger partial charge in [-0.2, -0.15) is 18.3 Å². The second-order valence-corrected chi connectivity index (χ2v) is 8.05. The van der Waals surface area contributed by atoms with Crippen molar-refractivity contribution in [3.8, 4) is 0 Å². The van der Waals surface area contributed by atoms with Crippen LogP contribution >= 0.6 is 11.6 Å². The van der Waals surface area contributed by atoms with E-state index in [0.29, 0.717) is 5.56 Å². The Morgan fingerprint density at radius 2 is 2.00 bits per heavy atom. The van der Waals surface area contributed by atoms with Gasteiger partial charge in [-0.15, -0.1) is 0 Å². The van der Waals surface area contributed by atoms with Crippen molar-refractivity contribution in [2.75, 3.05) is 0 Å². The molecule has 0 saturated carbocycles. The van der Waals surface area contributed by atoms with Crippen molar-refractivity contribution in [2.24, 2.45) is 5.41 Å². The monoisotopic (exact) mass is 427 g/mol. The van der Waals surface area contributed by atoms with E-state index in [2.05, 4.69) is 10.1 Å². The summed E-state index contributed by atoms with van der Waals surface area (Å²) >= 11 is 5.69. The maximum atomic E-state index is 13.5. The standard InChI is InChI=1S/C19H17ClF3N3O3/c1-18(2)5-12(27)15(13(28)6-18)16(29)11-9-26(25-17(11)19(21,22)23)8-10-3-4-14(20)24-7-10/h3-4,7,9,27H,5-6,8H2,1-2H3. The van der Waals surface area contributed by atoms with Gasteiger partial charge >= 0.3 is 6.18 Å². The van der Waals surface area contributed by atoms with E-state index in [1.54, 1.807) is 19.9 Å². The molecule has 1 aliphatic rings. The Labute approximate surface area is 169 Å². The number of aliphatic hydroxyl groups excluding tert-OH is 1. The van der Waals surface area contributed by atoms with E-state index in [1.807, 2.05) is 0 Å². The van der Waals surface area contributed by atoms with Gasteiger partial charge in [0.25, 0.3) is 0 Å². The normalized spacial score (nSPS) is 17.0. The highest BCUT2D eigenvalue weighted by atomic mass is 35.5. The molecular weight excluding hydrogens is 411 g/mol. The molecule has 0 saturated heterocycles. The van der Waals surface area contributed by atoms with Gasteiger partial charge in [-0.3, -0.25) is 14.3 Å². The molecule has 2 aromatic rings. The van der Waals surface area contributed by atoms with E-state index in [-0.39, 0.29) is 24.5 Å². The number of carbonyl (C=O) groups is 2. The van der Waals surface area contributed by atoms with Gasteiger partial charge in [0.2, 0.25) is 5.78 Å². The number of nitrogens with zero attached hydrogens (tertiary/aromatic N) is 3. The first-order chi connectivity index (χ1) is 13.4. The third-order valence-electron chi connectivity index (χ3n) is 4.49. The molecule has 29 heavy (non-hydrogen) atoms. The summed E-state index contributed by atoms with van der Waals surface area (Å²) < 4.78 is 41.4. The molecule has 0 amide bonds. The van der Waals surface area contributed by atoms with Crippen molar-refractivity contribution >= 4 is 23.2 Å². The van der Waals surface area contributed by atoms with Crippen LogP contribution < -0.4 is 0 Å². The van der Waals surface area contributed by atoms with Gasteiger partial charge in [-0.05, 0) is 17.0 Å². The average Bonchev–Trinajstić information content (AvgIpc) is 2.99. The minimum absolute atomic E-state index is 0.0196. The number of allylic oxidation sites excluding steroid dienone is 2. The van der Waals surface area contributed by atoms with Crippen molar-refractivity contribution in [1.82, 2.24) is 14.8 Å². The first-order valence-electron chi connectivity index (χ1n) is 8.62. The lowest BCUT2D eigenvalue weighted by molar-refractivity contribution is -0.141. The SMILES string of the molecule is CC1(C)CC(=O)C(C(=O)c2cn(Cc3ccc(Cl)nc3)nc2C(F)(F)F)=C(O)C1. The fourth-order valence-corrected chi connectivity index (χ4v) is 3.36. The van der Waals surface area contributed by atoms with Gasteiger partial charge in [0.15, 0.2) is 11.5 Å². The van der Waals surface area contributed by atoms with Gasteiger partial charge in [0.1, 0.15) is 16.5 Å². The van der Waals surface area contributed by atoms with Crippen LogP contribution in [0.1, 0.15) is 48.3 Å². The van der Waals surface area contributed by atoms with Crippen molar-refractivity contribution in [1.29, 1.82) is 0 Å². The van der Waals surface area contributed by atoms with Gasteiger partial charge in [-0.1, -0.05) is 31.5 Å². The number of aromatic nitrogens is 3. The van der Waals surface area contributed by atoms with Crippen molar-refractivity contribution in [3.05, 3.63) is 57.8 Å². The molecule has 0 unspecified atom stereocenters. The number of carbonyl (C=O) groups excluding carboxylic acids is 2. The first kappa shape index (κ1) is 21.0. The summed E-state index contributed by atoms with van der Waals surface area (Å²) in [7, 11) is 0. The third kappa shape index (κ3) is 4.50. The Bertz CT molecular complexity index is 1010. The van der Waals surface area contributed by atoms with Crippen LogP contribution in [0.5, 0.6) is 0 Å². The zero-order chi connectivity index (χ0) is 21.6. The van der Waals surface area contributed by atoms with Gasteiger partial charge in [-0.25, -0.2) is 4.98 Å². The lowest BCUT2D eigenvalue weighted by Gasteiger charge is -2.29. The van der Waals surface area contributed by atoms with Crippen LogP contribution in [-0.4, -0.2) is 31.4 Å². The molecule has 0 aliphatic heterocycles. The molecule has 3 rings (SSSR count). The summed E-state index contributed by atoms with van der Waals surface area (Å²) in [5, 5.41) is 13.9. The molecule has 0 fully saturated rings. The Morgan fingerprint density at radius 3 is 2.55 bits per heavy atom. The summed E-state index contributed by atoms with van der Waals surface area (Å²) in [6, 6.07) is 3.04. The quantitative estimate of drug-likeness (QED) is 0.444. The molecule has 10 heteroatoms. The summed E-state index contributed by atoms with van der Waals surface area (Å²) in [5.74, 6) is -2.37. The largest absolute Gasteiger partial charge is 0.511 e. The number of hydrogen-bond acceptors (Lipinski definition) is 5. The summed E-state index contributed by atoms with van der Waals surface area (Å²) in [6.07, 6.45) is -2.65. The number of rotatable bonds is 4. The number of Topliss-reactive ketones (excluding diaryl/α,β-unsaturated/α-hetero) is 2. The number of halogens is 4. The minimum atomic E-state index is -4.92. The van der Waals surface area contributed by atoms with E-state index < -0.39 is 45.7 Å². The molecule has 0 atom stereocenters. The fourth-order valence-electron chi connectivity index (χ4n) is 3.25. The molecule has 2 heterocycles. The van der Waals surface area contributed by atoms with Crippen LogP contribution in [0.4, 0.5) is 13.2 Å². The Hall–Kier alpha value is -2.68. The molecule has 0 aromatic carbocycles. The smallest absolute Gasteiger partial charge is 0.435 e. The molecule has 1 aliphatic carbocycles. The fraction of sp³-hybridized carbons (Fsp3) is 0.368. The minimum Gasteiger partial charge on any atom is -0.511 e. The molecule has 154 valence electrons. The van der Waals surface area contributed by atoms with E-state index in [0.717, 1.165) is 10.9 Å². The van der Waals surface area contributed by atoms with Gasteiger partial charge in [0, 0.05) is 25.2 Å². The summed E-state index contributed by atoms with van der Waals surface area (Å²) in [6.45, 7) is 3.36. The van der Waals surface area contributed by atoms with Gasteiger partial charge in [0.05, 0.1) is 12.1 Å². The maximum absolute atomic E-state index is 13.5. The highest BCUT2D eigenvalue weighted by Gasteiger charge is 2.43. The second-order valence-electron chi connectivity index (χ2n) is 7.67. The van der Waals surface area contributed by atoms with Crippen LogP contribution in [-0.2, 0) is 17.5 Å². The highest BCUT2D eigenvalue weighted by Crippen LogP contribution is 2.38. The Balaban J connectivity index is 2.01. The molecule has 0 spiro atoms. The summed E-state index contributed by atoms with van der Waals surface area (Å²) in [5.41, 5.74) is -2.87. The van der Waals surface area contributed by atoms with Crippen molar-refractivity contribution < 1.29 is 27.9 Å². The van der Waals surface area contributed by atoms with Crippen LogP contribution in [0.15, 0.2) is 35.9 Å². The zero-order valence-electron chi connectivity index (χ0n) is 15.5. The number of pyridine rings is 1. The van der Waals surface area contributed by atoms with E-state index >= 15 is 0 Å². The number of aliphatic hydroxyl groups is 1. The first-order valence-corrected chi connectivity index (χ1v) is 9.00. The molecule has 6 nitrogen and oxygen atoms in total. The zero-order valence-corrected chi connectivity index (χ0v) is 16.3. The molecule has 2 aromatic heterocycles. The predicted molar refractivity (Wildman–Crippen MR) is 97.6 cm³/mol. The number of ketones is 2. The predicted octanol–water partition coefficient (Wildman–Crippen LogP) is 4.38. The lowest BCUT2D eigenvalue weighted by atomic mass is 9.75. The van der Waals surface area contributed by atoms with Gasteiger partial charge < -0.3 is 5.11 Å². The highest BCUT2D eigenvalue weighted by molar-refractivity contribution is 6.29. The third-order valence-corrected chi connectivity index (χ3v) is 4.71. The van der Waals surface area contributed by atoms with Crippen LogP contribution in [0.3, 0.4) is 0 Å². The topological polar surface area (TPSA) is 85.1 Å². The van der Waals surface area contributed by atoms with Crippen molar-refractivity contribution in [3.63, 3.8) is 0 Å². The number of alkyl halides is 3. The van der Waals surface area contributed by atoms with Crippen molar-refractivity contribution in [2.45, 2.75) is 39.4 Å². The van der Waals surface area contributed by atoms with E-state index in [4.69, 9.17) is 11.6 Å². The van der Waals surface area contributed by atoms with Crippen LogP contribution in [0.25, 0.3) is 0 Å².